The van der Waals surface area contributed by atoms with Crippen molar-refractivity contribution in [1.29, 1.82) is 0 Å². The van der Waals surface area contributed by atoms with Crippen molar-refractivity contribution in [2.24, 2.45) is 0 Å². The largest absolute Gasteiger partial charge is 0.463 e. The molecule has 0 aliphatic rings. The summed E-state index contributed by atoms with van der Waals surface area (Å²) in [5, 5.41) is 13.0. The molecule has 1 atom stereocenters. The number of rotatable bonds is 25. The molecule has 0 spiro atoms. The van der Waals surface area contributed by atoms with E-state index in [0.717, 1.165) is 25.7 Å². The van der Waals surface area contributed by atoms with Crippen molar-refractivity contribution in [3.8, 4) is 0 Å². The molecule has 2 N–H and O–H groups in total. The Labute approximate surface area is 216 Å². The van der Waals surface area contributed by atoms with Crippen molar-refractivity contribution >= 4 is 12.0 Å². The van der Waals surface area contributed by atoms with Crippen molar-refractivity contribution in [3.05, 3.63) is 0 Å². The van der Waals surface area contributed by atoms with Gasteiger partial charge in [0.25, 0.3) is 0 Å². The van der Waals surface area contributed by atoms with Crippen molar-refractivity contribution in [2.75, 3.05) is 26.7 Å². The molecule has 0 aliphatic heterocycles. The SMILES string of the molecule is CCCCCCCCCCCCNC(=O)N(C)CC(O)COC(=O)CCCCCCCCCCC. The topological polar surface area (TPSA) is 78.9 Å². The van der Waals surface area contributed by atoms with E-state index in [1.807, 2.05) is 0 Å². The van der Waals surface area contributed by atoms with Crippen molar-refractivity contribution in [1.82, 2.24) is 10.2 Å². The fraction of sp³-hybridized carbons (Fsp3) is 0.931. The van der Waals surface area contributed by atoms with E-state index in [2.05, 4.69) is 19.2 Å². The summed E-state index contributed by atoms with van der Waals surface area (Å²) in [6, 6.07) is -0.194. The Hall–Kier alpha value is -1.30. The maximum atomic E-state index is 12.2. The van der Waals surface area contributed by atoms with Crippen LogP contribution in [0.5, 0.6) is 0 Å². The highest BCUT2D eigenvalue weighted by Gasteiger charge is 2.15. The highest BCUT2D eigenvalue weighted by molar-refractivity contribution is 5.73. The number of aliphatic hydroxyl groups is 1. The van der Waals surface area contributed by atoms with Crippen molar-refractivity contribution in [3.63, 3.8) is 0 Å². The van der Waals surface area contributed by atoms with E-state index in [-0.39, 0.29) is 25.2 Å². The first-order valence-electron chi connectivity index (χ1n) is 14.8. The molecule has 0 saturated heterocycles. The second kappa shape index (κ2) is 25.8. The van der Waals surface area contributed by atoms with Gasteiger partial charge >= 0.3 is 12.0 Å². The number of carbonyl (C=O) groups is 2. The second-order valence-electron chi connectivity index (χ2n) is 10.2. The first kappa shape index (κ1) is 33.7. The Morgan fingerprint density at radius 2 is 1.14 bits per heavy atom. The molecule has 35 heavy (non-hydrogen) atoms. The monoisotopic (exact) mass is 498 g/mol. The minimum Gasteiger partial charge on any atom is -0.463 e. The molecule has 0 saturated carbocycles. The van der Waals surface area contributed by atoms with Crippen molar-refractivity contribution in [2.45, 2.75) is 148 Å². The van der Waals surface area contributed by atoms with Gasteiger partial charge in [-0.15, -0.1) is 0 Å². The molecule has 0 fully saturated rings. The predicted octanol–water partition coefficient (Wildman–Crippen LogP) is 7.37. The number of hydrogen-bond acceptors (Lipinski definition) is 4. The molecule has 0 heterocycles. The van der Waals surface area contributed by atoms with Gasteiger partial charge in [0.05, 0.1) is 6.54 Å². The normalized spacial score (nSPS) is 11.9. The quantitative estimate of drug-likeness (QED) is 0.102. The lowest BCUT2D eigenvalue weighted by molar-refractivity contribution is -0.146. The molecule has 208 valence electrons. The standard InChI is InChI=1S/C29H58N2O4/c1-4-6-8-10-12-14-16-18-20-22-24-30-29(34)31(3)25-27(32)26-35-28(33)23-21-19-17-15-13-11-9-7-5-2/h27,32H,4-26H2,1-3H3,(H,30,34). The van der Waals surface area contributed by atoms with Gasteiger partial charge in [-0.25, -0.2) is 4.79 Å². The summed E-state index contributed by atoms with van der Waals surface area (Å²) in [6.45, 7) is 5.22. The average molecular weight is 499 g/mol. The third-order valence-corrected chi connectivity index (χ3v) is 6.56. The molecule has 0 aromatic carbocycles. The van der Waals surface area contributed by atoms with Crippen LogP contribution in [0.1, 0.15) is 142 Å². The van der Waals surface area contributed by atoms with Gasteiger partial charge in [0.1, 0.15) is 12.7 Å². The summed E-state index contributed by atoms with van der Waals surface area (Å²) in [5.74, 6) is -0.264. The van der Waals surface area contributed by atoms with Gasteiger partial charge in [0, 0.05) is 20.0 Å². The molecular weight excluding hydrogens is 440 g/mol. The maximum absolute atomic E-state index is 12.2. The Bertz CT molecular complexity index is 487. The van der Waals surface area contributed by atoms with Gasteiger partial charge in [-0.05, 0) is 12.8 Å². The van der Waals surface area contributed by atoms with Gasteiger partial charge in [0.2, 0.25) is 0 Å². The Kier molecular flexibility index (Phi) is 24.8. The molecule has 0 aromatic heterocycles. The number of nitrogens with zero attached hydrogens (tertiary/aromatic N) is 1. The van der Waals surface area contributed by atoms with Crippen molar-refractivity contribution < 1.29 is 19.4 Å². The van der Waals surface area contributed by atoms with Crippen LogP contribution in [0.25, 0.3) is 0 Å². The average Bonchev–Trinajstić information content (AvgIpc) is 2.84. The van der Waals surface area contributed by atoms with E-state index in [1.54, 1.807) is 7.05 Å². The minimum atomic E-state index is -0.866. The van der Waals surface area contributed by atoms with Gasteiger partial charge < -0.3 is 20.1 Å². The van der Waals surface area contributed by atoms with Crippen LogP contribution in [0.4, 0.5) is 4.79 Å². The zero-order chi connectivity index (χ0) is 26.0. The maximum Gasteiger partial charge on any atom is 0.317 e. The summed E-state index contributed by atoms with van der Waals surface area (Å²) in [6.07, 6.45) is 23.1. The number of amides is 2. The molecule has 0 bridgehead atoms. The van der Waals surface area contributed by atoms with Crippen LogP contribution in [0.2, 0.25) is 0 Å². The summed E-state index contributed by atoms with van der Waals surface area (Å²) in [7, 11) is 1.65. The zero-order valence-electron chi connectivity index (χ0n) is 23.5. The first-order valence-corrected chi connectivity index (χ1v) is 14.8. The Morgan fingerprint density at radius 1 is 0.714 bits per heavy atom. The van der Waals surface area contributed by atoms with Crippen LogP contribution in [0.3, 0.4) is 0 Å². The number of ether oxygens (including phenoxy) is 1. The number of unbranched alkanes of at least 4 members (excludes halogenated alkanes) is 17. The number of esters is 1. The number of urea groups is 1. The molecule has 0 aromatic rings. The second-order valence-corrected chi connectivity index (χ2v) is 10.2. The van der Waals surface area contributed by atoms with E-state index >= 15 is 0 Å². The van der Waals surface area contributed by atoms with Crippen LogP contribution < -0.4 is 5.32 Å². The third kappa shape index (κ3) is 24.2. The van der Waals surface area contributed by atoms with Gasteiger partial charge in [-0.2, -0.15) is 0 Å². The van der Waals surface area contributed by atoms with Crippen LogP contribution in [-0.4, -0.2) is 54.9 Å². The number of likely N-dealkylation sites (N-methyl/N-ethyl adjacent to an activating group) is 1. The number of nitrogens with one attached hydrogen (secondary N) is 1. The first-order chi connectivity index (χ1) is 17.0. The smallest absolute Gasteiger partial charge is 0.317 e. The third-order valence-electron chi connectivity index (χ3n) is 6.56. The lowest BCUT2D eigenvalue weighted by Gasteiger charge is -2.21. The van der Waals surface area contributed by atoms with Crippen LogP contribution in [0.15, 0.2) is 0 Å². The molecule has 0 aliphatic carbocycles. The molecule has 6 nitrogen and oxygen atoms in total. The summed E-state index contributed by atoms with van der Waals surface area (Å²) in [4.78, 5) is 25.5. The molecule has 2 amide bonds. The predicted molar refractivity (Wildman–Crippen MR) is 147 cm³/mol. The molecular formula is C29H58N2O4. The minimum absolute atomic E-state index is 0.0632. The van der Waals surface area contributed by atoms with Crippen LogP contribution in [-0.2, 0) is 9.53 Å². The summed E-state index contributed by atoms with van der Waals surface area (Å²) < 4.78 is 5.18. The number of aliphatic hydroxyl groups excluding tert-OH is 1. The van der Waals surface area contributed by atoms with Gasteiger partial charge in [-0.3, -0.25) is 4.79 Å². The summed E-state index contributed by atoms with van der Waals surface area (Å²) in [5.41, 5.74) is 0. The van der Waals surface area contributed by atoms with E-state index in [0.29, 0.717) is 13.0 Å². The highest BCUT2D eigenvalue weighted by atomic mass is 16.5. The molecule has 6 heteroatoms. The molecule has 0 rings (SSSR count). The lowest BCUT2D eigenvalue weighted by atomic mass is 10.1. The van der Waals surface area contributed by atoms with E-state index < -0.39 is 6.10 Å². The Morgan fingerprint density at radius 3 is 1.63 bits per heavy atom. The molecule has 1 unspecified atom stereocenters. The van der Waals surface area contributed by atoms with E-state index in [1.165, 1.54) is 101 Å². The zero-order valence-corrected chi connectivity index (χ0v) is 23.5. The van der Waals surface area contributed by atoms with E-state index in [4.69, 9.17) is 4.74 Å². The van der Waals surface area contributed by atoms with Gasteiger partial charge in [-0.1, -0.05) is 123 Å². The number of hydrogen-bond donors (Lipinski definition) is 2. The Balaban J connectivity index is 3.59. The fourth-order valence-corrected chi connectivity index (χ4v) is 4.24. The van der Waals surface area contributed by atoms with Gasteiger partial charge in [0.15, 0.2) is 0 Å². The van der Waals surface area contributed by atoms with Crippen LogP contribution >= 0.6 is 0 Å². The molecule has 0 radical (unpaired) electrons. The van der Waals surface area contributed by atoms with E-state index in [9.17, 15) is 14.7 Å². The highest BCUT2D eigenvalue weighted by Crippen LogP contribution is 2.11. The fourth-order valence-electron chi connectivity index (χ4n) is 4.24. The summed E-state index contributed by atoms with van der Waals surface area (Å²) >= 11 is 0. The lowest BCUT2D eigenvalue weighted by Crippen LogP contribution is -2.42. The van der Waals surface area contributed by atoms with Crippen LogP contribution in [0, 0.1) is 0 Å². The number of carbonyl (C=O) groups excluding carboxylic acids is 2.